The zero-order chi connectivity index (χ0) is 16.4. The Labute approximate surface area is 141 Å². The van der Waals surface area contributed by atoms with E-state index in [1.165, 1.54) is 0 Å². The number of hydrogen-bond acceptors (Lipinski definition) is 4. The number of halogens is 1. The van der Waals surface area contributed by atoms with E-state index in [1.807, 2.05) is 6.92 Å². The standard InChI is InChI=1S/C15H26IN3O2/c1-9-10(13(2,3)4)17-19(16)18-11(9)15(8,14(5,6)7)21-12(18)20/h9,11H,1-8H3/t9?,11?,15-/m0/s1. The van der Waals surface area contributed by atoms with Gasteiger partial charge in [0.25, 0.3) is 0 Å². The molecule has 1 saturated heterocycles. The number of amides is 1. The summed E-state index contributed by atoms with van der Waals surface area (Å²) in [4.78, 5) is 12.4. The SMILES string of the molecule is CC1C(C(C)(C)C)=NN(I)N2C(=O)O[C@](C)(C(C)(C)C)C12. The third-order valence-electron chi connectivity index (χ3n) is 4.84. The van der Waals surface area contributed by atoms with Crippen LogP contribution in [0.3, 0.4) is 0 Å². The number of cyclic esters (lactones) is 1. The molecule has 2 unspecified atom stereocenters. The maximum Gasteiger partial charge on any atom is 0.431 e. The molecule has 3 atom stereocenters. The fraction of sp³-hybridized carbons (Fsp3) is 0.867. The van der Waals surface area contributed by atoms with Crippen molar-refractivity contribution in [1.29, 1.82) is 0 Å². The van der Waals surface area contributed by atoms with Gasteiger partial charge in [0.05, 0.1) is 5.71 Å². The van der Waals surface area contributed by atoms with Crippen LogP contribution >= 0.6 is 22.9 Å². The van der Waals surface area contributed by atoms with Crippen LogP contribution in [0.4, 0.5) is 4.79 Å². The molecular formula is C15H26IN3O2. The van der Waals surface area contributed by atoms with E-state index < -0.39 is 5.60 Å². The zero-order valence-electron chi connectivity index (χ0n) is 14.2. The number of hydrogen-bond donors (Lipinski definition) is 0. The molecule has 0 aromatic heterocycles. The Morgan fingerprint density at radius 1 is 1.24 bits per heavy atom. The summed E-state index contributed by atoms with van der Waals surface area (Å²) in [6.07, 6.45) is -0.310. The molecule has 0 aromatic carbocycles. The van der Waals surface area contributed by atoms with Gasteiger partial charge in [-0.05, 0) is 6.92 Å². The number of hydrazine groups is 1. The van der Waals surface area contributed by atoms with E-state index in [0.717, 1.165) is 5.71 Å². The minimum Gasteiger partial charge on any atom is -0.439 e. The molecule has 0 spiro atoms. The third kappa shape index (κ3) is 2.43. The maximum atomic E-state index is 12.4. The molecule has 0 N–H and O–H groups in total. The maximum absolute atomic E-state index is 12.4. The van der Waals surface area contributed by atoms with Crippen LogP contribution in [0.5, 0.6) is 0 Å². The number of fused-ring (bicyclic) bond motifs is 1. The Bertz CT molecular complexity index is 492. The molecule has 2 heterocycles. The second-order valence-electron chi connectivity index (χ2n) is 8.28. The first-order chi connectivity index (χ1) is 9.30. The lowest BCUT2D eigenvalue weighted by atomic mass is 9.67. The van der Waals surface area contributed by atoms with Crippen molar-refractivity contribution < 1.29 is 9.53 Å². The number of ether oxygens (including phenoxy) is 1. The first-order valence-electron chi connectivity index (χ1n) is 7.37. The van der Waals surface area contributed by atoms with Gasteiger partial charge in [-0.25, -0.2) is 4.79 Å². The van der Waals surface area contributed by atoms with E-state index in [1.54, 1.807) is 8.34 Å². The van der Waals surface area contributed by atoms with Gasteiger partial charge in [0.15, 0.2) is 0 Å². The summed E-state index contributed by atoms with van der Waals surface area (Å²) in [7, 11) is 0. The zero-order valence-corrected chi connectivity index (χ0v) is 16.3. The average Bonchev–Trinajstić information content (AvgIpc) is 2.55. The minimum atomic E-state index is -0.556. The molecule has 0 aromatic rings. The van der Waals surface area contributed by atoms with E-state index in [9.17, 15) is 4.79 Å². The Balaban J connectivity index is 2.56. The fourth-order valence-corrected chi connectivity index (χ4v) is 3.98. The molecule has 5 nitrogen and oxygen atoms in total. The smallest absolute Gasteiger partial charge is 0.431 e. The molecule has 6 heteroatoms. The van der Waals surface area contributed by atoms with Crippen molar-refractivity contribution >= 4 is 34.7 Å². The van der Waals surface area contributed by atoms with E-state index in [2.05, 4.69) is 76.4 Å². The largest absolute Gasteiger partial charge is 0.439 e. The Morgan fingerprint density at radius 3 is 2.19 bits per heavy atom. The molecule has 2 aliphatic heterocycles. The lowest BCUT2D eigenvalue weighted by Crippen LogP contribution is -2.61. The van der Waals surface area contributed by atoms with Gasteiger partial charge in [-0.15, -0.1) is 3.33 Å². The van der Waals surface area contributed by atoms with Gasteiger partial charge in [-0.2, -0.15) is 10.1 Å². The van der Waals surface area contributed by atoms with Crippen molar-refractivity contribution in [3.05, 3.63) is 0 Å². The van der Waals surface area contributed by atoms with Crippen LogP contribution in [0.25, 0.3) is 0 Å². The van der Waals surface area contributed by atoms with Crippen LogP contribution in [0.15, 0.2) is 5.10 Å². The summed E-state index contributed by atoms with van der Waals surface area (Å²) in [5.41, 5.74) is 0.347. The van der Waals surface area contributed by atoms with Crippen molar-refractivity contribution in [2.24, 2.45) is 21.8 Å². The first kappa shape index (κ1) is 16.8. The Hall–Kier alpha value is -0.530. The summed E-state index contributed by atoms with van der Waals surface area (Å²) in [5, 5.41) is 6.30. The monoisotopic (exact) mass is 407 g/mol. The topological polar surface area (TPSA) is 45.1 Å². The molecule has 0 aliphatic carbocycles. The van der Waals surface area contributed by atoms with Gasteiger partial charge in [0, 0.05) is 16.7 Å². The molecule has 0 saturated carbocycles. The Morgan fingerprint density at radius 2 is 1.76 bits per heavy atom. The van der Waals surface area contributed by atoms with E-state index in [0.29, 0.717) is 0 Å². The highest BCUT2D eigenvalue weighted by Gasteiger charge is 2.63. The normalized spacial score (nSPS) is 33.8. The van der Waals surface area contributed by atoms with Gasteiger partial charge in [-0.1, -0.05) is 48.5 Å². The molecule has 0 radical (unpaired) electrons. The third-order valence-corrected chi connectivity index (χ3v) is 5.53. The van der Waals surface area contributed by atoms with Gasteiger partial charge in [0.1, 0.15) is 34.5 Å². The quantitative estimate of drug-likeness (QED) is 0.446. The highest BCUT2D eigenvalue weighted by molar-refractivity contribution is 14.1. The van der Waals surface area contributed by atoms with Crippen molar-refractivity contribution in [1.82, 2.24) is 8.34 Å². The number of carbonyl (C=O) groups excluding carboxylic acids is 1. The van der Waals surface area contributed by atoms with E-state index in [4.69, 9.17) is 4.74 Å². The van der Waals surface area contributed by atoms with Gasteiger partial charge in [-0.3, -0.25) is 0 Å². The summed E-state index contributed by atoms with van der Waals surface area (Å²) in [5.74, 6) is 0.145. The highest BCUT2D eigenvalue weighted by atomic mass is 127. The minimum absolute atomic E-state index is 0.0423. The summed E-state index contributed by atoms with van der Waals surface area (Å²) >= 11 is 2.07. The van der Waals surface area contributed by atoms with Crippen molar-refractivity contribution in [2.75, 3.05) is 0 Å². The lowest BCUT2D eigenvalue weighted by molar-refractivity contribution is -0.0576. The molecule has 2 aliphatic rings. The van der Waals surface area contributed by atoms with E-state index in [-0.39, 0.29) is 28.9 Å². The predicted octanol–water partition coefficient (Wildman–Crippen LogP) is 4.23. The summed E-state index contributed by atoms with van der Waals surface area (Å²) in [6, 6.07) is -0.0476. The molecule has 1 fully saturated rings. The lowest BCUT2D eigenvalue weighted by Gasteiger charge is -2.48. The van der Waals surface area contributed by atoms with Gasteiger partial charge < -0.3 is 4.74 Å². The highest BCUT2D eigenvalue weighted by Crippen LogP contribution is 2.49. The van der Waals surface area contributed by atoms with Crippen molar-refractivity contribution in [3.63, 3.8) is 0 Å². The molecule has 0 bridgehead atoms. The molecule has 1 amide bonds. The number of nitrogens with zero attached hydrogens (tertiary/aromatic N) is 3. The van der Waals surface area contributed by atoms with Crippen molar-refractivity contribution in [3.8, 4) is 0 Å². The van der Waals surface area contributed by atoms with Crippen LogP contribution in [-0.2, 0) is 4.74 Å². The number of hydrazone groups is 1. The Kier molecular flexibility index (Phi) is 3.79. The van der Waals surface area contributed by atoms with Crippen LogP contribution in [0.2, 0.25) is 0 Å². The van der Waals surface area contributed by atoms with Crippen LogP contribution in [-0.4, -0.2) is 31.8 Å². The van der Waals surface area contributed by atoms with Crippen LogP contribution < -0.4 is 0 Å². The number of rotatable bonds is 0. The van der Waals surface area contributed by atoms with Gasteiger partial charge >= 0.3 is 6.09 Å². The summed E-state index contributed by atoms with van der Waals surface area (Å²) < 4.78 is 7.46. The predicted molar refractivity (Wildman–Crippen MR) is 91.9 cm³/mol. The number of carbonyl (C=O) groups is 1. The average molecular weight is 407 g/mol. The molecule has 21 heavy (non-hydrogen) atoms. The van der Waals surface area contributed by atoms with E-state index >= 15 is 0 Å². The van der Waals surface area contributed by atoms with Crippen LogP contribution in [0, 0.1) is 16.7 Å². The van der Waals surface area contributed by atoms with Gasteiger partial charge in [0.2, 0.25) is 0 Å². The second-order valence-corrected chi connectivity index (χ2v) is 9.14. The molecule has 120 valence electrons. The summed E-state index contributed by atoms with van der Waals surface area (Å²) in [6.45, 7) is 17.0. The first-order valence-corrected chi connectivity index (χ1v) is 8.34. The molecule has 2 rings (SSSR count). The van der Waals surface area contributed by atoms with Crippen LogP contribution in [0.1, 0.15) is 55.4 Å². The second kappa shape index (κ2) is 4.73. The fourth-order valence-electron chi connectivity index (χ4n) is 3.30. The van der Waals surface area contributed by atoms with Crippen molar-refractivity contribution in [2.45, 2.75) is 67.0 Å². The molecular weight excluding hydrogens is 381 g/mol.